The van der Waals surface area contributed by atoms with Crippen molar-refractivity contribution in [3.8, 4) is 11.5 Å². The first-order valence-corrected chi connectivity index (χ1v) is 5.32. The molecule has 0 fully saturated rings. The maximum absolute atomic E-state index is 13.4. The van der Waals surface area contributed by atoms with Crippen LogP contribution in [0.3, 0.4) is 0 Å². The monoisotopic (exact) mass is 238 g/mol. The molecule has 0 amide bonds. The largest absolute Gasteiger partial charge is 0.444 e. The van der Waals surface area contributed by atoms with Gasteiger partial charge in [-0.3, -0.25) is 0 Å². The van der Waals surface area contributed by atoms with Crippen LogP contribution in [0.2, 0.25) is 0 Å². The average Bonchev–Trinajstić information content (AvgIpc) is 2.75. The highest BCUT2D eigenvalue weighted by Gasteiger charge is 2.16. The Morgan fingerprint density at radius 2 is 2.00 bits per heavy atom. The highest BCUT2D eigenvalue weighted by atomic mass is 19.1. The predicted octanol–water partition coefficient (Wildman–Crippen LogP) is 2.73. The standard InChI is InChI=1S/C12H12F2N2O/c1-2-15-6-8-7-17-12(16-8)11-9(13)4-3-5-10(11)14/h3-5,7,15H,2,6H2,1H3. The van der Waals surface area contributed by atoms with Crippen LogP contribution in [-0.4, -0.2) is 11.5 Å². The normalized spacial score (nSPS) is 10.8. The molecule has 5 heteroatoms. The van der Waals surface area contributed by atoms with Crippen molar-refractivity contribution in [1.29, 1.82) is 0 Å². The highest BCUT2D eigenvalue weighted by molar-refractivity contribution is 5.55. The molecule has 0 saturated heterocycles. The number of benzene rings is 1. The van der Waals surface area contributed by atoms with Gasteiger partial charge < -0.3 is 9.73 Å². The second-order valence-corrected chi connectivity index (χ2v) is 3.52. The maximum atomic E-state index is 13.4. The second-order valence-electron chi connectivity index (χ2n) is 3.52. The minimum absolute atomic E-state index is 0.0338. The molecule has 90 valence electrons. The lowest BCUT2D eigenvalue weighted by molar-refractivity contribution is 0.540. The first-order chi connectivity index (χ1) is 8.22. The second kappa shape index (κ2) is 5.05. The summed E-state index contributed by atoms with van der Waals surface area (Å²) in [4.78, 5) is 4.03. The lowest BCUT2D eigenvalue weighted by atomic mass is 10.2. The van der Waals surface area contributed by atoms with Crippen molar-refractivity contribution in [2.45, 2.75) is 13.5 Å². The summed E-state index contributed by atoms with van der Waals surface area (Å²) in [6.45, 7) is 3.25. The van der Waals surface area contributed by atoms with Crippen LogP contribution in [0, 0.1) is 11.6 Å². The average molecular weight is 238 g/mol. The van der Waals surface area contributed by atoms with Crippen LogP contribution in [0.4, 0.5) is 8.78 Å². The molecule has 0 unspecified atom stereocenters. The van der Waals surface area contributed by atoms with Crippen LogP contribution in [-0.2, 0) is 6.54 Å². The molecule has 1 N–H and O–H groups in total. The zero-order chi connectivity index (χ0) is 12.3. The van der Waals surface area contributed by atoms with Gasteiger partial charge in [-0.15, -0.1) is 0 Å². The summed E-state index contributed by atoms with van der Waals surface area (Å²) in [6, 6.07) is 3.65. The van der Waals surface area contributed by atoms with Gasteiger partial charge in [0.05, 0.1) is 5.69 Å². The fourth-order valence-electron chi connectivity index (χ4n) is 1.46. The summed E-state index contributed by atoms with van der Waals surface area (Å²) in [5.41, 5.74) is 0.389. The van der Waals surface area contributed by atoms with Crippen molar-refractivity contribution in [3.63, 3.8) is 0 Å². The molecule has 0 spiro atoms. The van der Waals surface area contributed by atoms with Crippen LogP contribution in [0.15, 0.2) is 28.9 Å². The minimum atomic E-state index is -0.679. The third-order valence-corrected chi connectivity index (χ3v) is 2.28. The quantitative estimate of drug-likeness (QED) is 0.890. The van der Waals surface area contributed by atoms with Gasteiger partial charge in [0.2, 0.25) is 5.89 Å². The molecule has 1 heterocycles. The van der Waals surface area contributed by atoms with Gasteiger partial charge in [0.15, 0.2) is 0 Å². The van der Waals surface area contributed by atoms with Gasteiger partial charge in [0, 0.05) is 6.54 Å². The molecule has 2 aromatic rings. The molecule has 0 radical (unpaired) electrons. The fourth-order valence-corrected chi connectivity index (χ4v) is 1.46. The number of aromatic nitrogens is 1. The first-order valence-electron chi connectivity index (χ1n) is 5.32. The van der Waals surface area contributed by atoms with E-state index in [1.165, 1.54) is 24.5 Å². The minimum Gasteiger partial charge on any atom is -0.444 e. The summed E-state index contributed by atoms with van der Waals surface area (Å²) in [6.07, 6.45) is 1.39. The van der Waals surface area contributed by atoms with E-state index >= 15 is 0 Å². The van der Waals surface area contributed by atoms with Crippen molar-refractivity contribution in [1.82, 2.24) is 10.3 Å². The Labute approximate surface area is 97.5 Å². The summed E-state index contributed by atoms with van der Waals surface area (Å²) in [5, 5.41) is 3.05. The number of nitrogens with zero attached hydrogens (tertiary/aromatic N) is 1. The van der Waals surface area contributed by atoms with Gasteiger partial charge in [0.25, 0.3) is 0 Å². The molecule has 0 aliphatic heterocycles. The molecule has 2 rings (SSSR count). The van der Waals surface area contributed by atoms with Gasteiger partial charge in [-0.2, -0.15) is 0 Å². The summed E-state index contributed by atoms with van der Waals surface area (Å²) >= 11 is 0. The molecule has 0 bridgehead atoms. The molecular formula is C12H12F2N2O. The molecular weight excluding hydrogens is 226 g/mol. The Morgan fingerprint density at radius 3 is 2.65 bits per heavy atom. The van der Waals surface area contributed by atoms with Crippen LogP contribution in [0.5, 0.6) is 0 Å². The number of nitrogens with one attached hydrogen (secondary N) is 1. The Morgan fingerprint density at radius 1 is 1.29 bits per heavy atom. The molecule has 17 heavy (non-hydrogen) atoms. The molecule has 3 nitrogen and oxygen atoms in total. The number of oxazole rings is 1. The number of rotatable bonds is 4. The predicted molar refractivity (Wildman–Crippen MR) is 59.2 cm³/mol. The van der Waals surface area contributed by atoms with Crippen LogP contribution < -0.4 is 5.32 Å². The zero-order valence-corrected chi connectivity index (χ0v) is 9.34. The Balaban J connectivity index is 2.30. The Bertz CT molecular complexity index is 491. The van der Waals surface area contributed by atoms with Crippen molar-refractivity contribution in [2.24, 2.45) is 0 Å². The Kier molecular flexibility index (Phi) is 3.49. The molecule has 0 aliphatic rings. The SMILES string of the molecule is CCNCc1coc(-c2c(F)cccc2F)n1. The molecule has 0 saturated carbocycles. The topological polar surface area (TPSA) is 38.1 Å². The lowest BCUT2D eigenvalue weighted by Crippen LogP contribution is -2.11. The van der Waals surface area contributed by atoms with E-state index in [1.807, 2.05) is 6.92 Å². The number of halogens is 2. The van der Waals surface area contributed by atoms with Crippen molar-refractivity contribution < 1.29 is 13.2 Å². The third-order valence-electron chi connectivity index (χ3n) is 2.28. The zero-order valence-electron chi connectivity index (χ0n) is 9.34. The van der Waals surface area contributed by atoms with Crippen molar-refractivity contribution in [3.05, 3.63) is 41.8 Å². The van der Waals surface area contributed by atoms with Gasteiger partial charge in [-0.05, 0) is 18.7 Å². The Hall–Kier alpha value is -1.75. The number of hydrogen-bond donors (Lipinski definition) is 1. The molecule has 1 aromatic heterocycles. The summed E-state index contributed by atoms with van der Waals surface area (Å²) in [5.74, 6) is -1.39. The van der Waals surface area contributed by atoms with Crippen molar-refractivity contribution >= 4 is 0 Å². The van der Waals surface area contributed by atoms with E-state index in [0.29, 0.717) is 12.2 Å². The van der Waals surface area contributed by atoms with E-state index in [2.05, 4.69) is 10.3 Å². The van der Waals surface area contributed by atoms with Crippen LogP contribution in [0.25, 0.3) is 11.5 Å². The van der Waals surface area contributed by atoms with Gasteiger partial charge >= 0.3 is 0 Å². The van der Waals surface area contributed by atoms with Gasteiger partial charge in [-0.25, -0.2) is 13.8 Å². The van der Waals surface area contributed by atoms with E-state index in [9.17, 15) is 8.78 Å². The van der Waals surface area contributed by atoms with Gasteiger partial charge in [-0.1, -0.05) is 13.0 Å². The van der Waals surface area contributed by atoms with Crippen LogP contribution >= 0.6 is 0 Å². The van der Waals surface area contributed by atoms with Gasteiger partial charge in [0.1, 0.15) is 23.5 Å². The van der Waals surface area contributed by atoms with E-state index in [1.54, 1.807) is 0 Å². The highest BCUT2D eigenvalue weighted by Crippen LogP contribution is 2.24. The first kappa shape index (κ1) is 11.7. The molecule has 1 aromatic carbocycles. The third kappa shape index (κ3) is 2.50. The van der Waals surface area contributed by atoms with E-state index < -0.39 is 11.6 Å². The molecule has 0 aliphatic carbocycles. The van der Waals surface area contributed by atoms with Crippen molar-refractivity contribution in [2.75, 3.05) is 6.54 Å². The van der Waals surface area contributed by atoms with E-state index in [4.69, 9.17) is 4.42 Å². The van der Waals surface area contributed by atoms with Crippen LogP contribution in [0.1, 0.15) is 12.6 Å². The summed E-state index contributed by atoms with van der Waals surface area (Å²) < 4.78 is 32.0. The smallest absolute Gasteiger partial charge is 0.232 e. The molecule has 0 atom stereocenters. The van der Waals surface area contributed by atoms with E-state index in [-0.39, 0.29) is 11.5 Å². The fraction of sp³-hybridized carbons (Fsp3) is 0.250. The van der Waals surface area contributed by atoms with E-state index in [0.717, 1.165) is 6.54 Å². The maximum Gasteiger partial charge on any atom is 0.232 e. The number of hydrogen-bond acceptors (Lipinski definition) is 3. The summed E-state index contributed by atoms with van der Waals surface area (Å²) in [7, 11) is 0. The lowest BCUT2D eigenvalue weighted by Gasteiger charge is -1.99.